The molecule has 0 bridgehead atoms. The van der Waals surface area contributed by atoms with E-state index >= 15 is 0 Å². The molecule has 30 heavy (non-hydrogen) atoms. The number of anilines is 1. The van der Waals surface area contributed by atoms with Gasteiger partial charge in [-0.15, -0.1) is 11.3 Å². The van der Waals surface area contributed by atoms with Gasteiger partial charge in [-0.2, -0.15) is 9.41 Å². The molecule has 6 nitrogen and oxygen atoms in total. The van der Waals surface area contributed by atoms with Gasteiger partial charge < -0.3 is 0 Å². The Balaban J connectivity index is 1.48. The molecule has 1 aromatic heterocycles. The number of hydrazone groups is 1. The Morgan fingerprint density at radius 2 is 1.87 bits per heavy atom. The molecule has 0 unspecified atom stereocenters. The summed E-state index contributed by atoms with van der Waals surface area (Å²) in [6.45, 7) is 3.23. The number of thiazole rings is 1. The third-order valence-corrected chi connectivity index (χ3v) is 7.68. The van der Waals surface area contributed by atoms with E-state index < -0.39 is 10.0 Å². The quantitative estimate of drug-likeness (QED) is 0.444. The van der Waals surface area contributed by atoms with E-state index in [1.54, 1.807) is 28.7 Å². The predicted octanol–water partition coefficient (Wildman–Crippen LogP) is 4.74. The monoisotopic (exact) mass is 440 g/mol. The van der Waals surface area contributed by atoms with Gasteiger partial charge in [0.2, 0.25) is 15.2 Å². The SMILES string of the molecule is Cc1ccc(/C=N/Nc2nc(-c3cccc(S(=O)(=O)N4CCCCC4)c3)cs2)cc1. The zero-order valence-electron chi connectivity index (χ0n) is 16.8. The minimum atomic E-state index is -3.46. The van der Waals surface area contributed by atoms with Crippen molar-refractivity contribution in [1.29, 1.82) is 0 Å². The minimum Gasteiger partial charge on any atom is -0.253 e. The summed E-state index contributed by atoms with van der Waals surface area (Å²) >= 11 is 1.43. The lowest BCUT2D eigenvalue weighted by atomic mass is 10.2. The highest BCUT2D eigenvalue weighted by Crippen LogP contribution is 2.28. The Labute approximate surface area is 181 Å². The molecule has 0 amide bonds. The number of hydrogen-bond acceptors (Lipinski definition) is 6. The Morgan fingerprint density at radius 1 is 1.10 bits per heavy atom. The molecule has 2 aromatic carbocycles. The lowest BCUT2D eigenvalue weighted by Crippen LogP contribution is -2.35. The maximum Gasteiger partial charge on any atom is 0.243 e. The average molecular weight is 441 g/mol. The number of nitrogens with one attached hydrogen (secondary N) is 1. The van der Waals surface area contributed by atoms with Gasteiger partial charge in [0.25, 0.3) is 0 Å². The zero-order chi connectivity index (χ0) is 21.0. The summed E-state index contributed by atoms with van der Waals surface area (Å²) in [6.07, 6.45) is 4.67. The molecule has 8 heteroatoms. The van der Waals surface area contributed by atoms with Crippen LogP contribution in [0.15, 0.2) is 63.9 Å². The van der Waals surface area contributed by atoms with Crippen molar-refractivity contribution in [2.24, 2.45) is 5.10 Å². The van der Waals surface area contributed by atoms with Gasteiger partial charge in [-0.1, -0.05) is 48.4 Å². The summed E-state index contributed by atoms with van der Waals surface area (Å²) in [5, 5.41) is 6.79. The van der Waals surface area contributed by atoms with E-state index in [2.05, 4.69) is 15.5 Å². The fourth-order valence-corrected chi connectivity index (χ4v) is 5.57. The maximum atomic E-state index is 12.9. The van der Waals surface area contributed by atoms with E-state index in [0.717, 1.165) is 36.1 Å². The predicted molar refractivity (Wildman–Crippen MR) is 123 cm³/mol. The van der Waals surface area contributed by atoms with Crippen molar-refractivity contribution in [1.82, 2.24) is 9.29 Å². The molecule has 1 aliphatic heterocycles. The molecule has 0 radical (unpaired) electrons. The Kier molecular flexibility index (Phi) is 6.26. The molecule has 1 fully saturated rings. The third kappa shape index (κ3) is 4.77. The summed E-state index contributed by atoms with van der Waals surface area (Å²) < 4.78 is 27.5. The Morgan fingerprint density at radius 3 is 2.63 bits per heavy atom. The molecule has 1 N–H and O–H groups in total. The van der Waals surface area contributed by atoms with Crippen LogP contribution in [0.2, 0.25) is 0 Å². The number of nitrogens with zero attached hydrogens (tertiary/aromatic N) is 3. The summed E-state index contributed by atoms with van der Waals surface area (Å²) in [7, 11) is -3.46. The molecule has 0 aliphatic carbocycles. The summed E-state index contributed by atoms with van der Waals surface area (Å²) in [5.74, 6) is 0. The van der Waals surface area contributed by atoms with Crippen LogP contribution in [0.1, 0.15) is 30.4 Å². The van der Waals surface area contributed by atoms with Gasteiger partial charge in [0, 0.05) is 24.0 Å². The van der Waals surface area contributed by atoms with Crippen molar-refractivity contribution < 1.29 is 8.42 Å². The lowest BCUT2D eigenvalue weighted by molar-refractivity contribution is 0.346. The van der Waals surface area contributed by atoms with Crippen LogP contribution >= 0.6 is 11.3 Å². The highest BCUT2D eigenvalue weighted by atomic mass is 32.2. The molecular weight excluding hydrogens is 416 g/mol. The van der Waals surface area contributed by atoms with Crippen molar-refractivity contribution in [3.05, 3.63) is 65.0 Å². The molecule has 3 aromatic rings. The molecule has 1 aliphatic rings. The molecule has 156 valence electrons. The van der Waals surface area contributed by atoms with E-state index in [-0.39, 0.29) is 0 Å². The van der Waals surface area contributed by atoms with Crippen molar-refractivity contribution in [2.45, 2.75) is 31.1 Å². The van der Waals surface area contributed by atoms with Gasteiger partial charge in [0.15, 0.2) is 0 Å². The first-order valence-corrected chi connectivity index (χ1v) is 12.3. The maximum absolute atomic E-state index is 12.9. The number of sulfonamides is 1. The van der Waals surface area contributed by atoms with Crippen molar-refractivity contribution >= 4 is 32.7 Å². The highest BCUT2D eigenvalue weighted by Gasteiger charge is 2.26. The number of hydrogen-bond donors (Lipinski definition) is 1. The number of piperidine rings is 1. The summed E-state index contributed by atoms with van der Waals surface area (Å²) in [5.41, 5.74) is 6.65. The van der Waals surface area contributed by atoms with Crippen molar-refractivity contribution in [3.63, 3.8) is 0 Å². The second-order valence-corrected chi connectivity index (χ2v) is 10.1. The average Bonchev–Trinajstić information content (AvgIpc) is 3.25. The smallest absolute Gasteiger partial charge is 0.243 e. The van der Waals surface area contributed by atoms with Gasteiger partial charge in [0.05, 0.1) is 16.8 Å². The summed E-state index contributed by atoms with van der Waals surface area (Å²) in [6, 6.07) is 15.1. The van der Waals surface area contributed by atoms with Gasteiger partial charge >= 0.3 is 0 Å². The molecule has 0 spiro atoms. The third-order valence-electron chi connectivity index (χ3n) is 5.04. The van der Waals surface area contributed by atoms with Crippen LogP contribution in [0.5, 0.6) is 0 Å². The molecular formula is C22H24N4O2S2. The number of aromatic nitrogens is 1. The van der Waals surface area contributed by atoms with Crippen LogP contribution in [0.4, 0.5) is 5.13 Å². The lowest BCUT2D eigenvalue weighted by Gasteiger charge is -2.26. The van der Waals surface area contributed by atoms with E-state index in [1.165, 1.54) is 16.9 Å². The fraction of sp³-hybridized carbons (Fsp3) is 0.273. The van der Waals surface area contributed by atoms with Gasteiger partial charge in [-0.3, -0.25) is 5.43 Å². The van der Waals surface area contributed by atoms with E-state index in [1.807, 2.05) is 42.6 Å². The molecule has 4 rings (SSSR count). The Bertz CT molecular complexity index is 1130. The number of aryl methyl sites for hydroxylation is 1. The molecule has 0 saturated carbocycles. The fourth-order valence-electron chi connectivity index (χ4n) is 3.34. The second kappa shape index (κ2) is 9.07. The van der Waals surface area contributed by atoms with Crippen LogP contribution in [-0.2, 0) is 10.0 Å². The largest absolute Gasteiger partial charge is 0.253 e. The highest BCUT2D eigenvalue weighted by molar-refractivity contribution is 7.89. The molecule has 2 heterocycles. The molecule has 1 saturated heterocycles. The first-order chi connectivity index (χ1) is 14.5. The van der Waals surface area contributed by atoms with E-state index in [0.29, 0.717) is 23.1 Å². The topological polar surface area (TPSA) is 74.7 Å². The first-order valence-electron chi connectivity index (χ1n) is 9.94. The zero-order valence-corrected chi connectivity index (χ0v) is 18.4. The first kappa shape index (κ1) is 20.7. The van der Waals surface area contributed by atoms with Crippen LogP contribution in [0.3, 0.4) is 0 Å². The van der Waals surface area contributed by atoms with E-state index in [4.69, 9.17) is 0 Å². The molecule has 0 atom stereocenters. The van der Waals surface area contributed by atoms with Crippen LogP contribution in [0, 0.1) is 6.92 Å². The minimum absolute atomic E-state index is 0.321. The van der Waals surface area contributed by atoms with Gasteiger partial charge in [0.1, 0.15) is 0 Å². The Hall–Kier alpha value is -2.55. The van der Waals surface area contributed by atoms with Crippen LogP contribution < -0.4 is 5.43 Å². The van der Waals surface area contributed by atoms with Crippen LogP contribution in [0.25, 0.3) is 11.3 Å². The normalized spacial score (nSPS) is 15.5. The second-order valence-electron chi connectivity index (χ2n) is 7.31. The van der Waals surface area contributed by atoms with E-state index in [9.17, 15) is 8.42 Å². The van der Waals surface area contributed by atoms with Gasteiger partial charge in [-0.25, -0.2) is 13.4 Å². The standard InChI is InChI=1S/C22H24N4O2S2/c1-17-8-10-18(11-9-17)15-23-25-22-24-21(16-29-22)19-6-5-7-20(14-19)30(27,28)26-12-3-2-4-13-26/h5-11,14-16H,2-4,12-13H2,1H3,(H,24,25)/b23-15+. The number of benzene rings is 2. The number of rotatable bonds is 6. The van der Waals surface area contributed by atoms with Crippen LogP contribution in [-0.4, -0.2) is 37.0 Å². The van der Waals surface area contributed by atoms with Gasteiger partial charge in [-0.05, 0) is 37.5 Å². The summed E-state index contributed by atoms with van der Waals surface area (Å²) in [4.78, 5) is 4.87. The van der Waals surface area contributed by atoms with Crippen molar-refractivity contribution in [2.75, 3.05) is 18.5 Å². The van der Waals surface area contributed by atoms with Crippen molar-refractivity contribution in [3.8, 4) is 11.3 Å².